The minimum absolute atomic E-state index is 1.83. The van der Waals surface area contributed by atoms with E-state index in [4.69, 9.17) is 0 Å². The largest absolute Gasteiger partial charge is 0.403 e. The van der Waals surface area contributed by atoms with Crippen LogP contribution >= 0.6 is 0 Å². The van der Waals surface area contributed by atoms with E-state index in [9.17, 15) is 43.7 Å². The molecule has 0 atom stereocenters. The fraction of sp³-hybridized carbons (Fsp3) is 0.143. The third-order valence-corrected chi connectivity index (χ3v) is 2.90. The van der Waals surface area contributed by atoms with E-state index in [1.54, 1.807) is 0 Å². The first-order valence-electron chi connectivity index (χ1n) is 3.93. The molecule has 0 spiro atoms. The van der Waals surface area contributed by atoms with Crippen LogP contribution in [0, 0.1) is 29.1 Å². The van der Waals surface area contributed by atoms with Gasteiger partial charge in [-0.25, -0.2) is 22.0 Å². The van der Waals surface area contributed by atoms with Crippen LogP contribution in [-0.4, -0.2) is 8.42 Å². The maximum atomic E-state index is 13.1. The predicted molar refractivity (Wildman–Crippen MR) is 41.2 cm³/mol. The Hall–Kier alpha value is -1.43. The summed E-state index contributed by atoms with van der Waals surface area (Å²) < 4.78 is 124. The van der Waals surface area contributed by atoms with E-state index < -0.39 is 50.0 Å². The highest BCUT2D eigenvalue weighted by molar-refractivity contribution is 7.87. The molecule has 0 heterocycles. The van der Waals surface area contributed by atoms with E-state index in [1.165, 1.54) is 0 Å². The first-order chi connectivity index (χ1) is 8.49. The molecule has 19 heavy (non-hydrogen) atoms. The van der Waals surface area contributed by atoms with Crippen LogP contribution in [-0.2, 0) is 19.8 Å². The van der Waals surface area contributed by atoms with Gasteiger partial charge in [0, 0.05) is 0 Å². The lowest BCUT2D eigenvalue weighted by molar-refractivity contribution is -0.0310. The van der Waals surface area contributed by atoms with Crippen LogP contribution in [0.4, 0.5) is 35.3 Å². The first kappa shape index (κ1) is 15.6. The average molecular weight is 316 g/mol. The number of hydrogen-bond donors (Lipinski definition) is 0. The smallest absolute Gasteiger partial charge is 0.203 e. The van der Waals surface area contributed by atoms with Gasteiger partial charge in [-0.3, -0.25) is 0 Å². The minimum Gasteiger partial charge on any atom is -0.203 e. The van der Waals surface area contributed by atoms with Gasteiger partial charge in [0.05, 0.1) is 0 Å². The molecular weight excluding hydrogens is 316 g/mol. The molecular formula is C7F8O3S. The lowest BCUT2D eigenvalue weighted by Gasteiger charge is -2.16. The molecule has 0 aliphatic carbocycles. The molecule has 0 fully saturated rings. The van der Waals surface area contributed by atoms with Crippen LogP contribution in [0.5, 0.6) is 0 Å². The van der Waals surface area contributed by atoms with Crippen LogP contribution in [0.2, 0.25) is 0 Å². The molecule has 0 saturated heterocycles. The Kier molecular flexibility index (Phi) is 3.78. The van der Waals surface area contributed by atoms with E-state index in [0.29, 0.717) is 0 Å². The molecule has 0 unspecified atom stereocenters. The molecule has 0 aliphatic rings. The molecule has 0 N–H and O–H groups in total. The van der Waals surface area contributed by atoms with Crippen molar-refractivity contribution in [3.63, 3.8) is 0 Å². The Bertz CT molecular complexity index is 597. The van der Waals surface area contributed by atoms with Crippen LogP contribution in [0.1, 0.15) is 5.56 Å². The lowest BCUT2D eigenvalue weighted by atomic mass is 10.1. The monoisotopic (exact) mass is 316 g/mol. The second-order valence-corrected chi connectivity index (χ2v) is 4.53. The molecule has 0 amide bonds. The Balaban J connectivity index is 3.80. The van der Waals surface area contributed by atoms with Crippen LogP contribution in [0.3, 0.4) is 0 Å². The van der Waals surface area contributed by atoms with Gasteiger partial charge < -0.3 is 0 Å². The normalized spacial score (nSPS) is 12.8. The van der Waals surface area contributed by atoms with Gasteiger partial charge in [0.25, 0.3) is 0 Å². The predicted octanol–water partition coefficient (Wildman–Crippen LogP) is 2.66. The van der Waals surface area contributed by atoms with Gasteiger partial charge in [-0.15, -0.1) is 0 Å². The summed E-state index contributed by atoms with van der Waals surface area (Å²) in [6.07, 6.45) is 0. The van der Waals surface area contributed by atoms with Crippen molar-refractivity contribution in [2.75, 3.05) is 0 Å². The van der Waals surface area contributed by atoms with Crippen molar-refractivity contribution in [2.24, 2.45) is 0 Å². The molecule has 108 valence electrons. The molecule has 12 heteroatoms. The minimum atomic E-state index is -6.58. The van der Waals surface area contributed by atoms with E-state index >= 15 is 0 Å². The summed E-state index contributed by atoms with van der Waals surface area (Å²) in [5.41, 5.74) is -3.04. The topological polar surface area (TPSA) is 43.4 Å². The summed E-state index contributed by atoms with van der Waals surface area (Å²) in [4.78, 5) is 0. The van der Waals surface area contributed by atoms with Gasteiger partial charge in [0.15, 0.2) is 23.3 Å². The zero-order chi connectivity index (χ0) is 15.2. The summed E-state index contributed by atoms with van der Waals surface area (Å²) in [5, 5.41) is -5.83. The van der Waals surface area contributed by atoms with E-state index in [1.807, 2.05) is 4.39 Å². The quantitative estimate of drug-likeness (QED) is 0.489. The average Bonchev–Trinajstić information content (AvgIpc) is 2.33. The molecule has 0 aromatic heterocycles. The molecule has 1 rings (SSSR count). The van der Waals surface area contributed by atoms with Crippen LogP contribution in [0.25, 0.3) is 0 Å². The van der Waals surface area contributed by atoms with Crippen molar-refractivity contribution in [1.29, 1.82) is 0 Å². The Morgan fingerprint density at radius 3 is 1.42 bits per heavy atom. The highest BCUT2D eigenvalue weighted by atomic mass is 32.2. The third kappa shape index (κ3) is 2.14. The molecule has 3 nitrogen and oxygen atoms in total. The fourth-order valence-corrected chi connectivity index (χ4v) is 1.53. The summed E-state index contributed by atoms with van der Waals surface area (Å²) in [5.74, 6) is -14.7. The molecule has 1 aromatic carbocycles. The number of halogens is 8. The van der Waals surface area contributed by atoms with Crippen molar-refractivity contribution < 1.29 is 48.1 Å². The third-order valence-electron chi connectivity index (χ3n) is 1.90. The summed E-state index contributed by atoms with van der Waals surface area (Å²) in [7, 11) is -6.58. The lowest BCUT2D eigenvalue weighted by Crippen LogP contribution is -2.30. The number of benzene rings is 1. The van der Waals surface area contributed by atoms with E-state index in [2.05, 4.69) is 0 Å². The molecule has 0 bridgehead atoms. The maximum Gasteiger partial charge on any atom is 0.403 e. The first-order valence-corrected chi connectivity index (χ1v) is 5.34. The van der Waals surface area contributed by atoms with Gasteiger partial charge in [-0.05, 0) is 4.53 Å². The van der Waals surface area contributed by atoms with Gasteiger partial charge >= 0.3 is 15.4 Å². The second-order valence-electron chi connectivity index (χ2n) is 2.98. The SMILES string of the molecule is O=S(=O)(OF)C(F)(F)c1c(F)c(F)c(F)c(F)c1F. The molecule has 0 radical (unpaired) electrons. The standard InChI is InChI=1S/C7F8O3S/c8-2-1(7(13,14)19(16,17)18-15)3(9)5(11)6(12)4(2)10. The van der Waals surface area contributed by atoms with Crippen molar-refractivity contribution in [3.05, 3.63) is 34.6 Å². The highest BCUT2D eigenvalue weighted by Gasteiger charge is 2.55. The molecule has 0 aliphatic heterocycles. The summed E-state index contributed by atoms with van der Waals surface area (Å²) in [6.45, 7) is 0. The number of alkyl halides is 2. The van der Waals surface area contributed by atoms with Crippen molar-refractivity contribution in [2.45, 2.75) is 5.25 Å². The molecule has 0 saturated carbocycles. The Morgan fingerprint density at radius 1 is 0.789 bits per heavy atom. The summed E-state index contributed by atoms with van der Waals surface area (Å²) in [6, 6.07) is 0. The maximum absolute atomic E-state index is 13.1. The Labute approximate surface area is 99.0 Å². The number of hydrogen-bond acceptors (Lipinski definition) is 3. The highest BCUT2D eigenvalue weighted by Crippen LogP contribution is 2.40. The van der Waals surface area contributed by atoms with Crippen molar-refractivity contribution in [3.8, 4) is 0 Å². The van der Waals surface area contributed by atoms with Gasteiger partial charge in [0.2, 0.25) is 5.82 Å². The number of rotatable bonds is 3. The zero-order valence-corrected chi connectivity index (χ0v) is 8.97. The second kappa shape index (κ2) is 4.59. The summed E-state index contributed by atoms with van der Waals surface area (Å²) >= 11 is 0. The van der Waals surface area contributed by atoms with Crippen LogP contribution < -0.4 is 0 Å². The zero-order valence-electron chi connectivity index (χ0n) is 8.16. The Morgan fingerprint density at radius 2 is 1.11 bits per heavy atom. The molecule has 1 aromatic rings. The van der Waals surface area contributed by atoms with Crippen molar-refractivity contribution in [1.82, 2.24) is 0 Å². The van der Waals surface area contributed by atoms with E-state index in [0.717, 1.165) is 0 Å². The van der Waals surface area contributed by atoms with Gasteiger partial charge in [-0.2, -0.15) is 17.2 Å². The van der Waals surface area contributed by atoms with Gasteiger partial charge in [-0.1, -0.05) is 4.39 Å². The van der Waals surface area contributed by atoms with Crippen LogP contribution in [0.15, 0.2) is 0 Å². The fourth-order valence-electron chi connectivity index (χ4n) is 1.02. The van der Waals surface area contributed by atoms with Crippen molar-refractivity contribution >= 4 is 10.1 Å². The van der Waals surface area contributed by atoms with E-state index in [-0.39, 0.29) is 0 Å². The van der Waals surface area contributed by atoms with Gasteiger partial charge in [0.1, 0.15) is 5.56 Å².